The Morgan fingerprint density at radius 3 is 2.34 bits per heavy atom. The number of carbonyl (C=O) groups is 2. The number of piperidine rings is 1. The van der Waals surface area contributed by atoms with Crippen LogP contribution in [-0.4, -0.2) is 45.8 Å². The van der Waals surface area contributed by atoms with Crippen LogP contribution in [0.3, 0.4) is 0 Å². The van der Waals surface area contributed by atoms with Gasteiger partial charge >= 0.3 is 17.7 Å². The van der Waals surface area contributed by atoms with E-state index in [0.717, 1.165) is 44.0 Å². The van der Waals surface area contributed by atoms with Gasteiger partial charge in [-0.15, -0.1) is 5.06 Å². The molecule has 32 heavy (non-hydrogen) atoms. The van der Waals surface area contributed by atoms with E-state index in [1.807, 2.05) is 32.0 Å². The lowest BCUT2D eigenvalue weighted by atomic mass is 9.89. The molecule has 0 spiro atoms. The fourth-order valence-corrected chi connectivity index (χ4v) is 4.92. The maximum absolute atomic E-state index is 12.9. The number of para-hydroxylation sites is 2. The Morgan fingerprint density at radius 2 is 1.69 bits per heavy atom. The summed E-state index contributed by atoms with van der Waals surface area (Å²) in [6, 6.07) is 6.94. The molecule has 1 saturated carbocycles. The van der Waals surface area contributed by atoms with Gasteiger partial charge in [-0.3, -0.25) is 9.36 Å². The van der Waals surface area contributed by atoms with Crippen molar-refractivity contribution in [2.24, 2.45) is 11.8 Å². The number of amides is 1. The van der Waals surface area contributed by atoms with E-state index in [1.165, 1.54) is 11.0 Å². The van der Waals surface area contributed by atoms with Crippen molar-refractivity contribution >= 4 is 23.0 Å². The zero-order chi connectivity index (χ0) is 22.7. The van der Waals surface area contributed by atoms with Crippen LogP contribution in [-0.2, 0) is 9.63 Å². The van der Waals surface area contributed by atoms with Crippen LogP contribution in [0, 0.1) is 11.8 Å². The summed E-state index contributed by atoms with van der Waals surface area (Å²) < 4.78 is 2.88. The third-order valence-corrected chi connectivity index (χ3v) is 6.77. The van der Waals surface area contributed by atoms with E-state index >= 15 is 0 Å². The van der Waals surface area contributed by atoms with Crippen molar-refractivity contribution in [2.45, 2.75) is 64.8 Å². The quantitative estimate of drug-likeness (QED) is 0.763. The minimum atomic E-state index is -0.392. The predicted molar refractivity (Wildman–Crippen MR) is 122 cm³/mol. The van der Waals surface area contributed by atoms with Crippen LogP contribution < -0.4 is 11.0 Å². The minimum absolute atomic E-state index is 0.0397. The molecule has 1 aromatic heterocycles. The van der Waals surface area contributed by atoms with Gasteiger partial charge in [-0.2, -0.15) is 0 Å². The molecule has 8 heteroatoms. The summed E-state index contributed by atoms with van der Waals surface area (Å²) in [6.07, 6.45) is 6.98. The number of aromatic nitrogens is 2. The standard InChI is InChI=1S/C24H34N4O4/c1-17(2)27-20-10-6-7-11-21(20)28(24(27)31)23(30)25-16-18-12-14-26(15-13-18)32-22(29)19-8-4-3-5-9-19/h6-7,10-11,17-19H,3-5,8-9,12-16H2,1-2H3,(H,25,30). The van der Waals surface area contributed by atoms with E-state index in [4.69, 9.17) is 4.84 Å². The summed E-state index contributed by atoms with van der Waals surface area (Å²) in [5.41, 5.74) is 1.06. The van der Waals surface area contributed by atoms with Gasteiger partial charge in [-0.25, -0.2) is 14.2 Å². The molecular weight excluding hydrogens is 408 g/mol. The number of benzene rings is 1. The molecule has 1 aliphatic carbocycles. The maximum Gasteiger partial charge on any atom is 0.337 e. The van der Waals surface area contributed by atoms with Crippen LogP contribution in [0.2, 0.25) is 0 Å². The molecule has 1 amide bonds. The lowest BCUT2D eigenvalue weighted by Crippen LogP contribution is -2.43. The fraction of sp³-hybridized carbons (Fsp3) is 0.625. The molecule has 4 rings (SSSR count). The molecule has 0 bridgehead atoms. The topological polar surface area (TPSA) is 85.6 Å². The summed E-state index contributed by atoms with van der Waals surface area (Å²) in [6.45, 7) is 5.71. The lowest BCUT2D eigenvalue weighted by Gasteiger charge is -2.32. The first-order valence-electron chi connectivity index (χ1n) is 11.9. The van der Waals surface area contributed by atoms with E-state index in [9.17, 15) is 14.4 Å². The maximum atomic E-state index is 12.9. The summed E-state index contributed by atoms with van der Waals surface area (Å²) >= 11 is 0. The highest BCUT2D eigenvalue weighted by molar-refractivity contribution is 5.89. The highest BCUT2D eigenvalue weighted by Gasteiger charge is 2.28. The smallest absolute Gasteiger partial charge is 0.337 e. The zero-order valence-corrected chi connectivity index (χ0v) is 19.1. The number of hydrogen-bond acceptors (Lipinski definition) is 5. The van der Waals surface area contributed by atoms with E-state index in [0.29, 0.717) is 25.2 Å². The number of hydroxylamine groups is 2. The van der Waals surface area contributed by atoms with Crippen molar-refractivity contribution < 1.29 is 14.4 Å². The number of carbonyl (C=O) groups excluding carboxylic acids is 2. The predicted octanol–water partition coefficient (Wildman–Crippen LogP) is 3.69. The minimum Gasteiger partial charge on any atom is -0.368 e. The van der Waals surface area contributed by atoms with Crippen molar-refractivity contribution in [1.82, 2.24) is 19.5 Å². The van der Waals surface area contributed by atoms with Crippen molar-refractivity contribution in [3.05, 3.63) is 34.7 Å². The van der Waals surface area contributed by atoms with E-state index < -0.39 is 6.03 Å². The lowest BCUT2D eigenvalue weighted by molar-refractivity contribution is -0.202. The molecule has 174 valence electrons. The fourth-order valence-electron chi connectivity index (χ4n) is 4.92. The Labute approximate surface area is 188 Å². The van der Waals surface area contributed by atoms with E-state index in [-0.39, 0.29) is 29.5 Å². The highest BCUT2D eigenvalue weighted by atomic mass is 16.7. The number of nitrogens with one attached hydrogen (secondary N) is 1. The van der Waals surface area contributed by atoms with Crippen molar-refractivity contribution in [2.75, 3.05) is 19.6 Å². The third kappa shape index (κ3) is 4.75. The summed E-state index contributed by atoms with van der Waals surface area (Å²) in [4.78, 5) is 43.8. The van der Waals surface area contributed by atoms with Gasteiger partial charge < -0.3 is 10.2 Å². The average molecular weight is 443 g/mol. The first kappa shape index (κ1) is 22.6. The van der Waals surface area contributed by atoms with E-state index in [2.05, 4.69) is 5.32 Å². The van der Waals surface area contributed by atoms with Crippen molar-refractivity contribution in [3.63, 3.8) is 0 Å². The molecule has 8 nitrogen and oxygen atoms in total. The SMILES string of the molecule is CC(C)n1c(=O)n(C(=O)NCC2CCN(OC(=O)C3CCCCC3)CC2)c2ccccc21. The van der Waals surface area contributed by atoms with Crippen LogP contribution in [0.15, 0.2) is 29.1 Å². The van der Waals surface area contributed by atoms with Crippen molar-refractivity contribution in [1.29, 1.82) is 0 Å². The number of imidazole rings is 1. The van der Waals surface area contributed by atoms with Crippen LogP contribution in [0.1, 0.15) is 64.8 Å². The second-order valence-corrected chi connectivity index (χ2v) is 9.37. The summed E-state index contributed by atoms with van der Waals surface area (Å²) in [5, 5.41) is 4.72. The Kier molecular flexibility index (Phi) is 6.98. The third-order valence-electron chi connectivity index (χ3n) is 6.77. The van der Waals surface area contributed by atoms with Gasteiger partial charge in [-0.05, 0) is 57.6 Å². The van der Waals surface area contributed by atoms with Gasteiger partial charge in [0.05, 0.1) is 17.0 Å². The van der Waals surface area contributed by atoms with Crippen LogP contribution in [0.5, 0.6) is 0 Å². The molecule has 1 N–H and O–H groups in total. The molecule has 2 aromatic rings. The number of nitrogens with zero attached hydrogens (tertiary/aromatic N) is 3. The van der Waals surface area contributed by atoms with Crippen LogP contribution in [0.4, 0.5) is 4.79 Å². The largest absolute Gasteiger partial charge is 0.368 e. The number of rotatable bonds is 5. The Hall–Kier alpha value is -2.61. The van der Waals surface area contributed by atoms with Crippen LogP contribution in [0.25, 0.3) is 11.0 Å². The first-order chi connectivity index (χ1) is 15.5. The van der Waals surface area contributed by atoms with Crippen molar-refractivity contribution in [3.8, 4) is 0 Å². The molecule has 1 aliphatic heterocycles. The van der Waals surface area contributed by atoms with E-state index in [1.54, 1.807) is 15.7 Å². The van der Waals surface area contributed by atoms with Gasteiger partial charge in [0, 0.05) is 25.7 Å². The van der Waals surface area contributed by atoms with Gasteiger partial charge in [0.2, 0.25) is 0 Å². The summed E-state index contributed by atoms with van der Waals surface area (Å²) in [7, 11) is 0. The Bertz CT molecular complexity index is 1010. The molecule has 0 radical (unpaired) electrons. The molecule has 0 unspecified atom stereocenters. The normalized spacial score (nSPS) is 18.8. The van der Waals surface area contributed by atoms with Crippen LogP contribution >= 0.6 is 0 Å². The zero-order valence-electron chi connectivity index (χ0n) is 19.1. The first-order valence-corrected chi connectivity index (χ1v) is 11.9. The van der Waals surface area contributed by atoms with Gasteiger partial charge in [-0.1, -0.05) is 31.4 Å². The molecule has 1 aromatic carbocycles. The van der Waals surface area contributed by atoms with Gasteiger partial charge in [0.15, 0.2) is 0 Å². The monoisotopic (exact) mass is 442 g/mol. The molecule has 2 aliphatic rings. The molecule has 2 heterocycles. The number of fused-ring (bicyclic) bond motifs is 1. The summed E-state index contributed by atoms with van der Waals surface area (Å²) in [5.74, 6) is 0.252. The molecular formula is C24H34N4O4. The Balaban J connectivity index is 1.31. The van der Waals surface area contributed by atoms with Gasteiger partial charge in [0.25, 0.3) is 0 Å². The van der Waals surface area contributed by atoms with Gasteiger partial charge in [0.1, 0.15) is 0 Å². The number of hydrogen-bond donors (Lipinski definition) is 1. The molecule has 2 fully saturated rings. The highest BCUT2D eigenvalue weighted by Crippen LogP contribution is 2.26. The second-order valence-electron chi connectivity index (χ2n) is 9.37. The Morgan fingerprint density at radius 1 is 1.03 bits per heavy atom. The molecule has 0 atom stereocenters. The molecule has 1 saturated heterocycles. The second kappa shape index (κ2) is 9.90. The average Bonchev–Trinajstić information content (AvgIpc) is 3.11.